The molecule has 17 heavy (non-hydrogen) atoms. The van der Waals surface area contributed by atoms with Gasteiger partial charge in [0.25, 0.3) is 5.91 Å². The van der Waals surface area contributed by atoms with Crippen LogP contribution in [0.1, 0.15) is 42.2 Å². The van der Waals surface area contributed by atoms with Crippen LogP contribution in [0.2, 0.25) is 0 Å². The van der Waals surface area contributed by atoms with E-state index in [1.807, 2.05) is 6.92 Å². The van der Waals surface area contributed by atoms with E-state index >= 15 is 0 Å². The van der Waals surface area contributed by atoms with Crippen molar-refractivity contribution in [1.29, 1.82) is 0 Å². The van der Waals surface area contributed by atoms with Crippen molar-refractivity contribution in [3.05, 3.63) is 17.5 Å². The summed E-state index contributed by atoms with van der Waals surface area (Å²) in [6.45, 7) is 3.69. The summed E-state index contributed by atoms with van der Waals surface area (Å²) in [6, 6.07) is -0.334. The normalized spacial score (nSPS) is 12.1. The third-order valence-electron chi connectivity index (χ3n) is 2.47. The third-order valence-corrected chi connectivity index (χ3v) is 2.47. The highest BCUT2D eigenvalue weighted by Gasteiger charge is 2.18. The van der Waals surface area contributed by atoms with Gasteiger partial charge in [-0.05, 0) is 13.3 Å². The van der Waals surface area contributed by atoms with E-state index < -0.39 is 5.97 Å². The molecule has 0 aliphatic rings. The number of carbonyl (C=O) groups is 2. The van der Waals surface area contributed by atoms with E-state index in [1.54, 1.807) is 6.92 Å². The molecule has 0 saturated carbocycles. The van der Waals surface area contributed by atoms with Crippen molar-refractivity contribution in [3.63, 3.8) is 0 Å². The molecule has 6 nitrogen and oxygen atoms in total. The van der Waals surface area contributed by atoms with E-state index in [4.69, 9.17) is 5.11 Å². The molecule has 1 amide bonds. The number of carbonyl (C=O) groups excluding carboxylic acids is 1. The highest BCUT2D eigenvalue weighted by Crippen LogP contribution is 2.06. The molecule has 1 rings (SSSR count). The van der Waals surface area contributed by atoms with Gasteiger partial charge in [-0.15, -0.1) is 0 Å². The number of nitrogens with one attached hydrogen (secondary N) is 2. The van der Waals surface area contributed by atoms with Gasteiger partial charge in [0.05, 0.1) is 18.2 Å². The van der Waals surface area contributed by atoms with Crippen LogP contribution in [0.4, 0.5) is 0 Å². The first-order chi connectivity index (χ1) is 8.04. The van der Waals surface area contributed by atoms with Crippen LogP contribution in [0.25, 0.3) is 0 Å². The number of amides is 1. The standard InChI is InChI=1S/C11H17N3O3/c1-3-4-8(5-10(15)16)13-11(17)9-6-12-14-7(9)2/h6,8H,3-5H2,1-2H3,(H,12,14)(H,13,17)(H,15,16). The van der Waals surface area contributed by atoms with Crippen LogP contribution >= 0.6 is 0 Å². The molecule has 0 aliphatic carbocycles. The Kier molecular flexibility index (Phi) is 4.68. The van der Waals surface area contributed by atoms with E-state index in [2.05, 4.69) is 15.5 Å². The highest BCUT2D eigenvalue weighted by molar-refractivity contribution is 5.95. The molecular weight excluding hydrogens is 222 g/mol. The monoisotopic (exact) mass is 239 g/mol. The van der Waals surface area contributed by atoms with Crippen LogP contribution in [0, 0.1) is 6.92 Å². The van der Waals surface area contributed by atoms with Crippen molar-refractivity contribution in [2.75, 3.05) is 0 Å². The van der Waals surface area contributed by atoms with Crippen LogP contribution in [0.5, 0.6) is 0 Å². The molecule has 0 aromatic carbocycles. The number of hydrogen-bond acceptors (Lipinski definition) is 3. The number of aliphatic carboxylic acids is 1. The van der Waals surface area contributed by atoms with Gasteiger partial charge in [-0.25, -0.2) is 0 Å². The van der Waals surface area contributed by atoms with E-state index in [0.717, 1.165) is 6.42 Å². The molecule has 0 spiro atoms. The maximum absolute atomic E-state index is 11.8. The summed E-state index contributed by atoms with van der Waals surface area (Å²) >= 11 is 0. The fourth-order valence-corrected chi connectivity index (χ4v) is 1.63. The Morgan fingerprint density at radius 2 is 2.29 bits per heavy atom. The van der Waals surface area contributed by atoms with Crippen molar-refractivity contribution >= 4 is 11.9 Å². The summed E-state index contributed by atoms with van der Waals surface area (Å²) in [5.41, 5.74) is 1.13. The Labute approximate surface area is 99.4 Å². The predicted octanol–water partition coefficient (Wildman–Crippen LogP) is 1.09. The second kappa shape index (κ2) is 6.03. The lowest BCUT2D eigenvalue weighted by molar-refractivity contribution is -0.137. The Bertz CT molecular complexity index is 400. The lowest BCUT2D eigenvalue weighted by atomic mass is 10.1. The first-order valence-corrected chi connectivity index (χ1v) is 5.57. The minimum Gasteiger partial charge on any atom is -0.481 e. The summed E-state index contributed by atoms with van der Waals surface area (Å²) in [5, 5.41) is 17.9. The van der Waals surface area contributed by atoms with Gasteiger partial charge in [0.1, 0.15) is 0 Å². The van der Waals surface area contributed by atoms with Crippen molar-refractivity contribution in [2.24, 2.45) is 0 Å². The quantitative estimate of drug-likeness (QED) is 0.692. The molecule has 0 bridgehead atoms. The lowest BCUT2D eigenvalue weighted by Crippen LogP contribution is -2.36. The molecule has 6 heteroatoms. The number of nitrogens with zero attached hydrogens (tertiary/aromatic N) is 1. The Hall–Kier alpha value is -1.85. The molecule has 94 valence electrons. The van der Waals surface area contributed by atoms with Gasteiger partial charge >= 0.3 is 5.97 Å². The predicted molar refractivity (Wildman–Crippen MR) is 61.7 cm³/mol. The van der Waals surface area contributed by atoms with Crippen LogP contribution in [0.3, 0.4) is 0 Å². The Balaban J connectivity index is 2.64. The van der Waals surface area contributed by atoms with Crippen molar-refractivity contribution in [2.45, 2.75) is 39.2 Å². The zero-order chi connectivity index (χ0) is 12.8. The molecule has 1 unspecified atom stereocenters. The summed E-state index contributed by atoms with van der Waals surface area (Å²) in [4.78, 5) is 22.5. The molecule has 0 saturated heterocycles. The molecular formula is C11H17N3O3. The average Bonchev–Trinajstić information content (AvgIpc) is 2.63. The maximum atomic E-state index is 11.8. The Morgan fingerprint density at radius 1 is 1.59 bits per heavy atom. The number of carboxylic acid groups (broad SMARTS) is 1. The first kappa shape index (κ1) is 13.2. The topological polar surface area (TPSA) is 95.1 Å². The van der Waals surface area contributed by atoms with E-state index in [1.165, 1.54) is 6.20 Å². The summed E-state index contributed by atoms with van der Waals surface area (Å²) in [6.07, 6.45) is 2.85. The molecule has 0 fully saturated rings. The number of rotatable bonds is 6. The zero-order valence-electron chi connectivity index (χ0n) is 9.99. The van der Waals surface area contributed by atoms with E-state index in [-0.39, 0.29) is 18.4 Å². The fraction of sp³-hybridized carbons (Fsp3) is 0.545. The molecule has 1 aromatic rings. The summed E-state index contributed by atoms with van der Waals surface area (Å²) < 4.78 is 0. The van der Waals surface area contributed by atoms with Crippen molar-refractivity contribution < 1.29 is 14.7 Å². The van der Waals surface area contributed by atoms with Crippen LogP contribution < -0.4 is 5.32 Å². The number of H-pyrrole nitrogens is 1. The number of aromatic nitrogens is 2. The van der Waals surface area contributed by atoms with Gasteiger partial charge in [0, 0.05) is 11.7 Å². The lowest BCUT2D eigenvalue weighted by Gasteiger charge is -2.15. The largest absolute Gasteiger partial charge is 0.481 e. The second-order valence-electron chi connectivity index (χ2n) is 3.97. The molecule has 0 aliphatic heterocycles. The van der Waals surface area contributed by atoms with Crippen molar-refractivity contribution in [3.8, 4) is 0 Å². The molecule has 0 radical (unpaired) electrons. The minimum atomic E-state index is -0.910. The maximum Gasteiger partial charge on any atom is 0.305 e. The van der Waals surface area contributed by atoms with Gasteiger partial charge in [0.15, 0.2) is 0 Å². The van der Waals surface area contributed by atoms with Crippen molar-refractivity contribution in [1.82, 2.24) is 15.5 Å². The second-order valence-corrected chi connectivity index (χ2v) is 3.97. The van der Waals surface area contributed by atoms with Crippen LogP contribution in [0.15, 0.2) is 6.20 Å². The van der Waals surface area contributed by atoms with Gasteiger partial charge < -0.3 is 10.4 Å². The number of carboxylic acids is 1. The average molecular weight is 239 g/mol. The van der Waals surface area contributed by atoms with Gasteiger partial charge in [0.2, 0.25) is 0 Å². The molecule has 1 heterocycles. The molecule has 3 N–H and O–H groups in total. The van der Waals surface area contributed by atoms with Gasteiger partial charge in [-0.3, -0.25) is 14.7 Å². The number of hydrogen-bond donors (Lipinski definition) is 3. The van der Waals surface area contributed by atoms with E-state index in [0.29, 0.717) is 17.7 Å². The number of aromatic amines is 1. The van der Waals surface area contributed by atoms with Gasteiger partial charge in [-0.2, -0.15) is 5.10 Å². The van der Waals surface area contributed by atoms with Crippen LogP contribution in [-0.2, 0) is 4.79 Å². The SMILES string of the molecule is CCCC(CC(=O)O)NC(=O)c1cn[nH]c1C. The zero-order valence-corrected chi connectivity index (χ0v) is 9.99. The molecule has 1 aromatic heterocycles. The number of aryl methyl sites for hydroxylation is 1. The third kappa shape index (κ3) is 3.90. The first-order valence-electron chi connectivity index (χ1n) is 5.57. The smallest absolute Gasteiger partial charge is 0.305 e. The highest BCUT2D eigenvalue weighted by atomic mass is 16.4. The van der Waals surface area contributed by atoms with E-state index in [9.17, 15) is 9.59 Å². The summed E-state index contributed by atoms with van der Waals surface area (Å²) in [7, 11) is 0. The van der Waals surface area contributed by atoms with Gasteiger partial charge in [-0.1, -0.05) is 13.3 Å². The van der Waals surface area contributed by atoms with Crippen LogP contribution in [-0.4, -0.2) is 33.2 Å². The summed E-state index contributed by atoms with van der Waals surface area (Å²) in [5.74, 6) is -1.19. The molecule has 1 atom stereocenters. The minimum absolute atomic E-state index is 0.0590. The Morgan fingerprint density at radius 3 is 2.76 bits per heavy atom. The fourth-order valence-electron chi connectivity index (χ4n) is 1.63.